The summed E-state index contributed by atoms with van der Waals surface area (Å²) in [7, 11) is 1.45. The predicted molar refractivity (Wildman–Crippen MR) is 92.4 cm³/mol. The van der Waals surface area contributed by atoms with Crippen LogP contribution < -0.4 is 4.74 Å². The van der Waals surface area contributed by atoms with Gasteiger partial charge < -0.3 is 25.2 Å². The number of aliphatic hydroxyl groups excluding tert-OH is 3. The number of methoxy groups -OCH3 is 1. The van der Waals surface area contributed by atoms with Gasteiger partial charge in [-0.25, -0.2) is 0 Å². The van der Waals surface area contributed by atoms with Gasteiger partial charge in [0.1, 0.15) is 17.5 Å². The highest BCUT2D eigenvalue weighted by Crippen LogP contribution is 2.58. The van der Waals surface area contributed by atoms with Crippen LogP contribution in [0.4, 0.5) is 0 Å². The van der Waals surface area contributed by atoms with Crippen molar-refractivity contribution < 1.29 is 30.0 Å². The van der Waals surface area contributed by atoms with Crippen molar-refractivity contribution in [1.29, 1.82) is 0 Å². The summed E-state index contributed by atoms with van der Waals surface area (Å²) in [6.07, 6.45) is -2.82. The molecular weight excluding hydrogens is 336 g/mol. The number of benzene rings is 1. The van der Waals surface area contributed by atoms with Gasteiger partial charge in [0, 0.05) is 29.9 Å². The molecular formula is C20H24O6. The molecule has 4 N–H and O–H groups in total. The molecule has 0 spiro atoms. The van der Waals surface area contributed by atoms with Crippen LogP contribution in [0.1, 0.15) is 49.5 Å². The first kappa shape index (κ1) is 17.7. The molecule has 0 aromatic heterocycles. The van der Waals surface area contributed by atoms with Gasteiger partial charge in [-0.2, -0.15) is 0 Å². The van der Waals surface area contributed by atoms with E-state index in [0.717, 1.165) is 0 Å². The molecule has 140 valence electrons. The Bertz CT molecular complexity index is 799. The fourth-order valence-electron chi connectivity index (χ4n) is 5.09. The summed E-state index contributed by atoms with van der Waals surface area (Å²) in [5.41, 5.74) is -0.184. The second-order valence-electron chi connectivity index (χ2n) is 7.87. The predicted octanol–water partition coefficient (Wildman–Crippen LogP) is 1.18. The number of Topliss-reactive ketones (excluding diaryl/α,β-unsaturated/α-hetero) is 1. The first-order valence-electron chi connectivity index (χ1n) is 8.99. The molecule has 4 rings (SSSR count). The van der Waals surface area contributed by atoms with Crippen molar-refractivity contribution in [2.24, 2.45) is 11.8 Å². The van der Waals surface area contributed by atoms with Crippen LogP contribution in [-0.4, -0.2) is 45.0 Å². The lowest BCUT2D eigenvalue weighted by atomic mass is 9.57. The Balaban J connectivity index is 1.94. The minimum Gasteiger partial charge on any atom is -0.496 e. The van der Waals surface area contributed by atoms with Gasteiger partial charge in [0.05, 0.1) is 19.3 Å². The maximum Gasteiger partial charge on any atom is 0.159 e. The molecule has 1 aromatic rings. The molecule has 0 bridgehead atoms. The fraction of sp³-hybridized carbons (Fsp3) is 0.550. The molecule has 0 amide bonds. The molecule has 0 fully saturated rings. The zero-order valence-electron chi connectivity index (χ0n) is 14.8. The van der Waals surface area contributed by atoms with Crippen molar-refractivity contribution in [3.63, 3.8) is 0 Å². The lowest BCUT2D eigenvalue weighted by Gasteiger charge is -2.52. The van der Waals surface area contributed by atoms with Crippen LogP contribution in [0.3, 0.4) is 0 Å². The molecule has 0 saturated carbocycles. The number of hydrogen-bond acceptors (Lipinski definition) is 6. The van der Waals surface area contributed by atoms with Crippen LogP contribution in [0, 0.1) is 11.8 Å². The third-order valence-electron chi connectivity index (χ3n) is 6.22. The summed E-state index contributed by atoms with van der Waals surface area (Å²) in [6, 6.07) is 5.03. The van der Waals surface area contributed by atoms with Crippen molar-refractivity contribution in [2.45, 2.75) is 50.1 Å². The van der Waals surface area contributed by atoms with E-state index in [-0.39, 0.29) is 18.1 Å². The lowest BCUT2D eigenvalue weighted by Crippen LogP contribution is -2.57. The number of aliphatic hydroxyl groups is 4. The maximum absolute atomic E-state index is 12.8. The van der Waals surface area contributed by atoms with Crippen molar-refractivity contribution in [1.82, 2.24) is 0 Å². The van der Waals surface area contributed by atoms with Gasteiger partial charge in [-0.1, -0.05) is 19.1 Å². The Labute approximate surface area is 151 Å². The van der Waals surface area contributed by atoms with Crippen molar-refractivity contribution in [2.75, 3.05) is 7.11 Å². The van der Waals surface area contributed by atoms with E-state index in [1.54, 1.807) is 18.2 Å². The normalized spacial score (nSPS) is 39.2. The molecule has 0 radical (unpaired) electrons. The minimum atomic E-state index is -1.84. The summed E-state index contributed by atoms with van der Waals surface area (Å²) in [6.45, 7) is 1.95. The number of carbonyl (C=O) groups excluding carboxylic acids is 1. The number of carbonyl (C=O) groups is 1. The number of fused-ring (bicyclic) bond motifs is 3. The second kappa shape index (κ2) is 5.89. The molecule has 6 atom stereocenters. The van der Waals surface area contributed by atoms with Crippen LogP contribution in [0.25, 0.3) is 0 Å². The molecule has 0 unspecified atom stereocenters. The number of ether oxygens (including phenoxy) is 1. The van der Waals surface area contributed by atoms with Crippen LogP contribution in [0.2, 0.25) is 0 Å². The Kier molecular flexibility index (Phi) is 4.00. The van der Waals surface area contributed by atoms with Gasteiger partial charge in [-0.15, -0.1) is 0 Å². The monoisotopic (exact) mass is 360 g/mol. The molecule has 3 aliphatic carbocycles. The van der Waals surface area contributed by atoms with E-state index >= 15 is 0 Å². The molecule has 6 nitrogen and oxygen atoms in total. The van der Waals surface area contributed by atoms with Gasteiger partial charge in [0.2, 0.25) is 0 Å². The summed E-state index contributed by atoms with van der Waals surface area (Å²) in [4.78, 5) is 12.8. The Hall–Kier alpha value is -1.73. The largest absolute Gasteiger partial charge is 0.496 e. The van der Waals surface area contributed by atoms with E-state index in [1.165, 1.54) is 7.11 Å². The van der Waals surface area contributed by atoms with E-state index in [4.69, 9.17) is 4.74 Å². The van der Waals surface area contributed by atoms with Crippen molar-refractivity contribution in [3.05, 3.63) is 40.5 Å². The van der Waals surface area contributed by atoms with Gasteiger partial charge in [0.25, 0.3) is 0 Å². The Morgan fingerprint density at radius 2 is 1.92 bits per heavy atom. The third-order valence-corrected chi connectivity index (χ3v) is 6.22. The number of ketones is 1. The average molecular weight is 360 g/mol. The standard InChI is InChI=1S/C20H24O6/c1-9-6-11-13(22)8-20(25)17(15(11)12(21)7-9)18(23)10-4-3-5-14(26-2)16(10)19(20)24/h3-5,9,13,17-19,22-25H,6-8H2,1-2H3/t9-,13-,17-,18+,19+,20-/m1/s1. The maximum atomic E-state index is 12.8. The third kappa shape index (κ3) is 2.23. The molecule has 0 heterocycles. The highest BCUT2D eigenvalue weighted by molar-refractivity contribution is 5.98. The zero-order valence-corrected chi connectivity index (χ0v) is 14.8. The van der Waals surface area contributed by atoms with Crippen LogP contribution in [0.5, 0.6) is 5.75 Å². The SMILES string of the molecule is COc1cccc2c1[C@H](O)[C@@]1(O)C[C@@H](O)C3=C(C(=O)C[C@H](C)C3)[C@@H]1[C@H]2O. The average Bonchev–Trinajstić information content (AvgIpc) is 2.60. The number of hydrogen-bond donors (Lipinski definition) is 4. The smallest absolute Gasteiger partial charge is 0.159 e. The van der Waals surface area contributed by atoms with Crippen molar-refractivity contribution >= 4 is 5.78 Å². The zero-order chi connectivity index (χ0) is 18.8. The first-order chi connectivity index (χ1) is 12.3. The molecule has 0 aliphatic heterocycles. The van der Waals surface area contributed by atoms with Crippen LogP contribution >= 0.6 is 0 Å². The van der Waals surface area contributed by atoms with Crippen molar-refractivity contribution in [3.8, 4) is 5.75 Å². The number of rotatable bonds is 1. The van der Waals surface area contributed by atoms with Gasteiger partial charge >= 0.3 is 0 Å². The minimum absolute atomic E-state index is 0.111. The van der Waals surface area contributed by atoms with Crippen LogP contribution in [0.15, 0.2) is 29.3 Å². The summed E-state index contributed by atoms with van der Waals surface area (Å²) in [5.74, 6) is -0.659. The Morgan fingerprint density at radius 3 is 2.62 bits per heavy atom. The summed E-state index contributed by atoms with van der Waals surface area (Å²) in [5, 5.41) is 44.1. The summed E-state index contributed by atoms with van der Waals surface area (Å²) >= 11 is 0. The molecule has 6 heteroatoms. The van der Waals surface area contributed by atoms with E-state index in [9.17, 15) is 25.2 Å². The highest BCUT2D eigenvalue weighted by atomic mass is 16.5. The molecule has 26 heavy (non-hydrogen) atoms. The molecule has 0 saturated heterocycles. The van der Waals surface area contributed by atoms with E-state index in [0.29, 0.717) is 40.9 Å². The molecule has 1 aromatic carbocycles. The Morgan fingerprint density at radius 1 is 1.19 bits per heavy atom. The second-order valence-corrected chi connectivity index (χ2v) is 7.87. The van der Waals surface area contributed by atoms with Gasteiger partial charge in [-0.3, -0.25) is 4.79 Å². The molecule has 3 aliphatic rings. The lowest BCUT2D eigenvalue weighted by molar-refractivity contribution is -0.172. The van der Waals surface area contributed by atoms with E-state index in [2.05, 4.69) is 0 Å². The summed E-state index contributed by atoms with van der Waals surface area (Å²) < 4.78 is 5.30. The highest BCUT2D eigenvalue weighted by Gasteiger charge is 2.60. The van der Waals surface area contributed by atoms with Crippen LogP contribution in [-0.2, 0) is 4.79 Å². The topological polar surface area (TPSA) is 107 Å². The fourth-order valence-corrected chi connectivity index (χ4v) is 5.09. The van der Waals surface area contributed by atoms with E-state index in [1.807, 2.05) is 6.92 Å². The first-order valence-corrected chi connectivity index (χ1v) is 8.99. The van der Waals surface area contributed by atoms with Gasteiger partial charge in [-0.05, 0) is 29.5 Å². The van der Waals surface area contributed by atoms with E-state index < -0.39 is 29.8 Å². The quantitative estimate of drug-likeness (QED) is 0.599. The van der Waals surface area contributed by atoms with Gasteiger partial charge in [0.15, 0.2) is 5.78 Å².